The Hall–Kier alpha value is -3.07. The van der Waals surface area contributed by atoms with Crippen LogP contribution in [-0.4, -0.2) is 48.8 Å². The highest BCUT2D eigenvalue weighted by molar-refractivity contribution is 6.30. The van der Waals surface area contributed by atoms with Gasteiger partial charge < -0.3 is 15.4 Å². The Morgan fingerprint density at radius 3 is 2.60 bits per heavy atom. The van der Waals surface area contributed by atoms with Crippen molar-refractivity contribution in [1.82, 2.24) is 24.0 Å². The van der Waals surface area contributed by atoms with E-state index in [4.69, 9.17) is 22.1 Å². The van der Waals surface area contributed by atoms with Crippen molar-refractivity contribution in [3.8, 4) is 5.69 Å². The van der Waals surface area contributed by atoms with E-state index in [9.17, 15) is 9.59 Å². The van der Waals surface area contributed by atoms with Gasteiger partial charge in [-0.25, -0.2) is 19.6 Å². The maximum atomic E-state index is 13.5. The lowest BCUT2D eigenvalue weighted by atomic mass is 10.2. The summed E-state index contributed by atoms with van der Waals surface area (Å²) in [5.41, 5.74) is 6.70. The molecule has 0 radical (unpaired) electrons. The highest BCUT2D eigenvalue weighted by Crippen LogP contribution is 2.28. The first-order chi connectivity index (χ1) is 14.2. The fourth-order valence-electron chi connectivity index (χ4n) is 3.67. The largest absolute Gasteiger partial charge is 0.444 e. The van der Waals surface area contributed by atoms with Crippen molar-refractivity contribution in [2.45, 2.75) is 38.8 Å². The Kier molecular flexibility index (Phi) is 4.93. The number of ether oxygens (including phenoxy) is 1. The number of aromatic nitrogens is 4. The summed E-state index contributed by atoms with van der Waals surface area (Å²) in [5, 5.41) is 0.559. The summed E-state index contributed by atoms with van der Waals surface area (Å²) in [4.78, 5) is 35.9. The number of benzene rings is 1. The van der Waals surface area contributed by atoms with E-state index in [1.54, 1.807) is 33.7 Å². The summed E-state index contributed by atoms with van der Waals surface area (Å²) >= 11 is 6.00. The lowest BCUT2D eigenvalue weighted by Gasteiger charge is -2.24. The average molecular weight is 431 g/mol. The maximum Gasteiger partial charge on any atom is 0.410 e. The van der Waals surface area contributed by atoms with Gasteiger partial charge in [0.25, 0.3) is 0 Å². The van der Waals surface area contributed by atoms with Crippen LogP contribution in [0.1, 0.15) is 33.2 Å². The highest BCUT2D eigenvalue weighted by atomic mass is 35.5. The first-order valence-corrected chi connectivity index (χ1v) is 10.0. The molecule has 0 spiro atoms. The second-order valence-electron chi connectivity index (χ2n) is 8.26. The van der Waals surface area contributed by atoms with Crippen molar-refractivity contribution in [2.75, 3.05) is 18.8 Å². The number of amides is 1. The number of hydrogen-bond donors (Lipinski definition) is 1. The third-order valence-electron chi connectivity index (χ3n) is 4.95. The van der Waals surface area contributed by atoms with Gasteiger partial charge in [0.15, 0.2) is 11.5 Å². The number of carbonyl (C=O) groups is 1. The van der Waals surface area contributed by atoms with Gasteiger partial charge in [0.05, 0.1) is 11.7 Å². The van der Waals surface area contributed by atoms with Gasteiger partial charge in [-0.1, -0.05) is 11.6 Å². The number of imidazole rings is 1. The van der Waals surface area contributed by atoms with Gasteiger partial charge in [-0.05, 0) is 51.5 Å². The molecule has 4 rings (SSSR count). The number of likely N-dealkylation sites (tertiary alicyclic amines) is 1. The zero-order chi connectivity index (χ0) is 21.6. The predicted octanol–water partition coefficient (Wildman–Crippen LogP) is 3.00. The monoisotopic (exact) mass is 430 g/mol. The van der Waals surface area contributed by atoms with Crippen LogP contribution in [-0.2, 0) is 4.74 Å². The van der Waals surface area contributed by atoms with Gasteiger partial charge in [0.2, 0.25) is 0 Å². The van der Waals surface area contributed by atoms with Crippen LogP contribution in [0.15, 0.2) is 35.4 Å². The van der Waals surface area contributed by atoms with E-state index in [0.717, 1.165) is 0 Å². The SMILES string of the molecule is CC(C)(C)OC(=O)N1CC[C@@H](n2c(=O)n(-c3ccc(Cl)cc3)c3c(N)ncnc32)C1. The number of rotatable bonds is 2. The Balaban J connectivity index is 1.77. The molecule has 1 atom stereocenters. The summed E-state index contributed by atoms with van der Waals surface area (Å²) < 4.78 is 8.54. The molecule has 30 heavy (non-hydrogen) atoms. The van der Waals surface area contributed by atoms with Crippen molar-refractivity contribution in [3.63, 3.8) is 0 Å². The summed E-state index contributed by atoms with van der Waals surface area (Å²) in [6.07, 6.45) is 1.54. The molecule has 1 amide bonds. The van der Waals surface area contributed by atoms with E-state index in [1.165, 1.54) is 10.9 Å². The van der Waals surface area contributed by atoms with Crippen LogP contribution in [0.2, 0.25) is 5.02 Å². The van der Waals surface area contributed by atoms with Crippen molar-refractivity contribution in [2.24, 2.45) is 0 Å². The minimum atomic E-state index is -0.585. The molecule has 0 aliphatic carbocycles. The number of hydrogen-bond acceptors (Lipinski definition) is 6. The van der Waals surface area contributed by atoms with Crippen LogP contribution in [0, 0.1) is 0 Å². The molecule has 2 aromatic heterocycles. The molecule has 2 N–H and O–H groups in total. The molecule has 1 aliphatic rings. The van der Waals surface area contributed by atoms with Gasteiger partial charge in [-0.2, -0.15) is 0 Å². The molecule has 1 aliphatic heterocycles. The van der Waals surface area contributed by atoms with Gasteiger partial charge in [0, 0.05) is 18.1 Å². The molecule has 0 saturated carbocycles. The zero-order valence-corrected chi connectivity index (χ0v) is 17.8. The van der Waals surface area contributed by atoms with Gasteiger partial charge in [-0.3, -0.25) is 9.13 Å². The fourth-order valence-corrected chi connectivity index (χ4v) is 3.80. The second kappa shape index (κ2) is 7.32. The number of nitrogens with zero attached hydrogens (tertiary/aromatic N) is 5. The number of fused-ring (bicyclic) bond motifs is 1. The van der Waals surface area contributed by atoms with E-state index in [-0.39, 0.29) is 17.5 Å². The lowest BCUT2D eigenvalue weighted by Crippen LogP contribution is -2.36. The predicted molar refractivity (Wildman–Crippen MR) is 114 cm³/mol. The van der Waals surface area contributed by atoms with Gasteiger partial charge >= 0.3 is 11.8 Å². The Labute approximate surface area is 178 Å². The molecule has 3 heterocycles. The average Bonchev–Trinajstić information content (AvgIpc) is 3.24. The van der Waals surface area contributed by atoms with E-state index < -0.39 is 11.7 Å². The summed E-state index contributed by atoms with van der Waals surface area (Å²) in [5.74, 6) is 0.202. The maximum absolute atomic E-state index is 13.5. The first-order valence-electron chi connectivity index (χ1n) is 9.63. The molecule has 0 bridgehead atoms. The minimum Gasteiger partial charge on any atom is -0.444 e. The fraction of sp³-hybridized carbons (Fsp3) is 0.400. The Morgan fingerprint density at radius 1 is 1.23 bits per heavy atom. The highest BCUT2D eigenvalue weighted by Gasteiger charge is 2.33. The van der Waals surface area contributed by atoms with E-state index in [0.29, 0.717) is 41.4 Å². The van der Waals surface area contributed by atoms with Crippen LogP contribution in [0.25, 0.3) is 16.9 Å². The van der Waals surface area contributed by atoms with Crippen molar-refractivity contribution in [1.29, 1.82) is 0 Å². The smallest absolute Gasteiger partial charge is 0.410 e. The second-order valence-corrected chi connectivity index (χ2v) is 8.70. The molecule has 1 fully saturated rings. The topological polar surface area (TPSA) is 108 Å². The Morgan fingerprint density at radius 2 is 1.93 bits per heavy atom. The normalized spacial score (nSPS) is 16.9. The molecule has 1 aromatic carbocycles. The Bertz CT molecular complexity index is 1160. The van der Waals surface area contributed by atoms with Crippen LogP contribution in [0.3, 0.4) is 0 Å². The summed E-state index contributed by atoms with van der Waals surface area (Å²) in [7, 11) is 0. The number of anilines is 1. The van der Waals surface area contributed by atoms with Crippen LogP contribution >= 0.6 is 11.6 Å². The third kappa shape index (κ3) is 3.60. The van der Waals surface area contributed by atoms with Gasteiger partial charge in [-0.15, -0.1) is 0 Å². The lowest BCUT2D eigenvalue weighted by molar-refractivity contribution is 0.0289. The zero-order valence-electron chi connectivity index (χ0n) is 17.0. The van der Waals surface area contributed by atoms with Crippen molar-refractivity contribution in [3.05, 3.63) is 46.1 Å². The molecule has 158 valence electrons. The van der Waals surface area contributed by atoms with Crippen LogP contribution in [0.4, 0.5) is 10.6 Å². The van der Waals surface area contributed by atoms with Crippen LogP contribution in [0.5, 0.6) is 0 Å². The standard InChI is InChI=1S/C20H23ClN6O3/c1-20(2,3)30-19(29)25-9-8-14(10-25)27-17-15(16(22)23-11-24-17)26(18(27)28)13-6-4-12(21)5-7-13/h4-7,11,14H,8-10H2,1-3H3,(H2,22,23,24)/t14-/m1/s1. The van der Waals surface area contributed by atoms with E-state index in [2.05, 4.69) is 9.97 Å². The van der Waals surface area contributed by atoms with E-state index >= 15 is 0 Å². The first kappa shape index (κ1) is 20.2. The molecule has 0 unspecified atom stereocenters. The van der Waals surface area contributed by atoms with Gasteiger partial charge in [0.1, 0.15) is 17.4 Å². The van der Waals surface area contributed by atoms with E-state index in [1.807, 2.05) is 20.8 Å². The molecular weight excluding hydrogens is 408 g/mol. The minimum absolute atomic E-state index is 0.202. The summed E-state index contributed by atoms with van der Waals surface area (Å²) in [6, 6.07) is 6.62. The molecule has 3 aromatic rings. The molecular formula is C20H23ClN6O3. The summed E-state index contributed by atoms with van der Waals surface area (Å²) in [6.45, 7) is 6.30. The number of nitrogen functional groups attached to an aromatic ring is 1. The molecule has 9 nitrogen and oxygen atoms in total. The van der Waals surface area contributed by atoms with Crippen LogP contribution < -0.4 is 11.4 Å². The number of nitrogens with two attached hydrogens (primary N) is 1. The van der Waals surface area contributed by atoms with Crippen molar-refractivity contribution >= 4 is 34.7 Å². The third-order valence-corrected chi connectivity index (χ3v) is 5.20. The molecule has 10 heteroatoms. The number of halogens is 1. The quantitative estimate of drug-likeness (QED) is 0.669. The molecule has 1 saturated heterocycles. The van der Waals surface area contributed by atoms with Crippen molar-refractivity contribution < 1.29 is 9.53 Å². The number of carbonyl (C=O) groups excluding carboxylic acids is 1.